The van der Waals surface area contributed by atoms with Gasteiger partial charge in [-0.2, -0.15) is 0 Å². The van der Waals surface area contributed by atoms with Crippen LogP contribution in [-0.2, 0) is 14.3 Å². The van der Waals surface area contributed by atoms with Crippen LogP contribution in [0, 0.1) is 0 Å². The fourth-order valence-electron chi connectivity index (χ4n) is 1.12. The number of nitrogens with one attached hydrogen (secondary N) is 1. The average Bonchev–Trinajstić information content (AvgIpc) is 2.28. The van der Waals surface area contributed by atoms with Crippen molar-refractivity contribution in [1.29, 1.82) is 0 Å². The average molecular weight is 238 g/mol. The fraction of sp³-hybridized carbons (Fsp3) is 0.273. The third-order valence-corrected chi connectivity index (χ3v) is 1.79. The highest BCUT2D eigenvalue weighted by Crippen LogP contribution is 2.15. The van der Waals surface area contributed by atoms with Gasteiger partial charge < -0.3 is 20.5 Å². The molecule has 0 aliphatic carbocycles. The van der Waals surface area contributed by atoms with E-state index >= 15 is 0 Å². The molecule has 6 heteroatoms. The van der Waals surface area contributed by atoms with Gasteiger partial charge in [0.05, 0.1) is 0 Å². The van der Waals surface area contributed by atoms with Gasteiger partial charge >= 0.3 is 0 Å². The number of rotatable bonds is 6. The van der Waals surface area contributed by atoms with Gasteiger partial charge in [0.1, 0.15) is 12.4 Å². The summed E-state index contributed by atoms with van der Waals surface area (Å²) in [5, 5.41) is 2.62. The number of nitrogens with two attached hydrogens (primary N) is 1. The predicted molar refractivity (Wildman–Crippen MR) is 61.6 cm³/mol. The first kappa shape index (κ1) is 13.0. The molecule has 6 nitrogen and oxygen atoms in total. The van der Waals surface area contributed by atoms with Crippen LogP contribution in [0.4, 0.5) is 5.69 Å². The Morgan fingerprint density at radius 2 is 1.88 bits per heavy atom. The quantitative estimate of drug-likeness (QED) is 0.737. The summed E-state index contributed by atoms with van der Waals surface area (Å²) in [5.74, 6) is -0.269. The number of hydrogen-bond donors (Lipinski definition) is 2. The first-order valence-corrected chi connectivity index (χ1v) is 4.92. The van der Waals surface area contributed by atoms with Crippen molar-refractivity contribution in [1.82, 2.24) is 0 Å². The molecule has 0 fully saturated rings. The Balaban J connectivity index is 2.49. The molecule has 3 N–H and O–H groups in total. The molecule has 0 aliphatic heterocycles. The Morgan fingerprint density at radius 3 is 2.41 bits per heavy atom. The van der Waals surface area contributed by atoms with E-state index in [0.717, 1.165) is 0 Å². The Morgan fingerprint density at radius 1 is 1.24 bits per heavy atom. The van der Waals surface area contributed by atoms with Crippen molar-refractivity contribution >= 4 is 17.5 Å². The molecule has 0 heterocycles. The van der Waals surface area contributed by atoms with Gasteiger partial charge in [-0.25, -0.2) is 0 Å². The van der Waals surface area contributed by atoms with Gasteiger partial charge in [0.2, 0.25) is 5.91 Å². The second-order valence-electron chi connectivity index (χ2n) is 3.26. The van der Waals surface area contributed by atoms with Crippen LogP contribution in [0.2, 0.25) is 0 Å². The van der Waals surface area contributed by atoms with Crippen LogP contribution in [0.3, 0.4) is 0 Å². The predicted octanol–water partition coefficient (Wildman–Crippen LogP) is 0.136. The normalized spacial score (nSPS) is 9.71. The van der Waals surface area contributed by atoms with Crippen molar-refractivity contribution in [2.75, 3.05) is 25.6 Å². The summed E-state index contributed by atoms with van der Waals surface area (Å²) in [7, 11) is 1.44. The molecule has 1 aromatic rings. The number of primary amides is 1. The molecule has 0 atom stereocenters. The Hall–Kier alpha value is -2.08. The summed E-state index contributed by atoms with van der Waals surface area (Å²) < 4.78 is 9.74. The third-order valence-electron chi connectivity index (χ3n) is 1.79. The number of carbonyl (C=O) groups is 2. The van der Waals surface area contributed by atoms with Crippen LogP contribution in [0.25, 0.3) is 0 Å². The van der Waals surface area contributed by atoms with E-state index in [1.54, 1.807) is 24.3 Å². The summed E-state index contributed by atoms with van der Waals surface area (Å²) in [6.45, 7) is -0.171. The van der Waals surface area contributed by atoms with E-state index in [9.17, 15) is 9.59 Å². The molecular weight excluding hydrogens is 224 g/mol. The Kier molecular flexibility index (Phi) is 4.96. The Bertz CT molecular complexity index is 389. The highest BCUT2D eigenvalue weighted by atomic mass is 16.5. The van der Waals surface area contributed by atoms with Crippen LogP contribution in [-0.4, -0.2) is 32.1 Å². The smallest absolute Gasteiger partial charge is 0.255 e. The lowest BCUT2D eigenvalue weighted by atomic mass is 10.3. The maximum absolute atomic E-state index is 11.2. The molecule has 0 radical (unpaired) electrons. The molecule has 0 unspecified atom stereocenters. The maximum Gasteiger partial charge on any atom is 0.255 e. The van der Waals surface area contributed by atoms with E-state index in [4.69, 9.17) is 10.5 Å². The molecule has 2 amide bonds. The van der Waals surface area contributed by atoms with Gasteiger partial charge in [0, 0.05) is 12.8 Å². The van der Waals surface area contributed by atoms with Gasteiger partial charge in [0.25, 0.3) is 5.91 Å². The van der Waals surface area contributed by atoms with Crippen molar-refractivity contribution in [3.05, 3.63) is 24.3 Å². The van der Waals surface area contributed by atoms with Crippen LogP contribution in [0.5, 0.6) is 5.75 Å². The van der Waals surface area contributed by atoms with Crippen molar-refractivity contribution in [3.8, 4) is 5.75 Å². The van der Waals surface area contributed by atoms with E-state index in [0.29, 0.717) is 11.4 Å². The first-order valence-electron chi connectivity index (χ1n) is 4.92. The zero-order valence-electron chi connectivity index (χ0n) is 9.43. The lowest BCUT2D eigenvalue weighted by Crippen LogP contribution is -2.20. The van der Waals surface area contributed by atoms with Crippen molar-refractivity contribution in [2.45, 2.75) is 0 Å². The van der Waals surface area contributed by atoms with Gasteiger partial charge in [-0.1, -0.05) is 0 Å². The summed E-state index contributed by atoms with van der Waals surface area (Å²) in [6.07, 6.45) is 0. The lowest BCUT2D eigenvalue weighted by molar-refractivity contribution is -0.120. The van der Waals surface area contributed by atoms with Crippen LogP contribution < -0.4 is 15.8 Å². The summed E-state index contributed by atoms with van der Waals surface area (Å²) in [5.41, 5.74) is 5.56. The van der Waals surface area contributed by atoms with Gasteiger partial charge in [-0.05, 0) is 24.3 Å². The van der Waals surface area contributed by atoms with Crippen LogP contribution in [0.1, 0.15) is 0 Å². The second-order valence-corrected chi connectivity index (χ2v) is 3.26. The maximum atomic E-state index is 11.2. The number of methoxy groups -OCH3 is 1. The van der Waals surface area contributed by atoms with Crippen LogP contribution in [0.15, 0.2) is 24.3 Å². The zero-order valence-corrected chi connectivity index (χ0v) is 9.43. The second kappa shape index (κ2) is 6.49. The van der Waals surface area contributed by atoms with Crippen molar-refractivity contribution in [3.63, 3.8) is 0 Å². The minimum atomic E-state index is -0.539. The number of hydrogen-bond acceptors (Lipinski definition) is 4. The highest BCUT2D eigenvalue weighted by molar-refractivity contribution is 5.91. The number of amides is 2. The first-order chi connectivity index (χ1) is 8.11. The lowest BCUT2D eigenvalue weighted by Gasteiger charge is -2.06. The number of ether oxygens (including phenoxy) is 2. The molecule has 0 saturated carbocycles. The molecule has 92 valence electrons. The molecule has 0 aliphatic rings. The molecule has 0 saturated heterocycles. The fourth-order valence-corrected chi connectivity index (χ4v) is 1.12. The monoisotopic (exact) mass is 238 g/mol. The van der Waals surface area contributed by atoms with E-state index in [-0.39, 0.29) is 19.1 Å². The van der Waals surface area contributed by atoms with Gasteiger partial charge in [0.15, 0.2) is 6.61 Å². The molecule has 0 spiro atoms. The summed E-state index contributed by atoms with van der Waals surface area (Å²) in [4.78, 5) is 21.7. The third kappa shape index (κ3) is 4.98. The summed E-state index contributed by atoms with van der Waals surface area (Å²) >= 11 is 0. The van der Waals surface area contributed by atoms with Gasteiger partial charge in [-0.15, -0.1) is 0 Å². The van der Waals surface area contributed by atoms with Gasteiger partial charge in [-0.3, -0.25) is 9.59 Å². The topological polar surface area (TPSA) is 90.7 Å². The highest BCUT2D eigenvalue weighted by Gasteiger charge is 2.02. The number of carbonyl (C=O) groups excluding carboxylic acids is 2. The van der Waals surface area contributed by atoms with Crippen LogP contribution >= 0.6 is 0 Å². The number of benzene rings is 1. The SMILES string of the molecule is COCC(=O)Nc1ccc(OCC(N)=O)cc1. The molecule has 0 bridgehead atoms. The van der Waals surface area contributed by atoms with Crippen molar-refractivity contribution in [2.24, 2.45) is 5.73 Å². The molecule has 0 aromatic heterocycles. The summed E-state index contributed by atoms with van der Waals surface area (Å²) in [6, 6.07) is 6.57. The Labute approximate surface area is 98.7 Å². The number of anilines is 1. The molecule has 1 rings (SSSR count). The van der Waals surface area contributed by atoms with Crippen molar-refractivity contribution < 1.29 is 19.1 Å². The minimum absolute atomic E-state index is 0.0000726. The molecule has 17 heavy (non-hydrogen) atoms. The minimum Gasteiger partial charge on any atom is -0.484 e. The van der Waals surface area contributed by atoms with E-state index < -0.39 is 5.91 Å². The van der Waals surface area contributed by atoms with E-state index in [1.807, 2.05) is 0 Å². The standard InChI is InChI=1S/C11H14N2O4/c1-16-7-11(15)13-8-2-4-9(5-3-8)17-6-10(12)14/h2-5H,6-7H2,1H3,(H2,12,14)(H,13,15). The van der Waals surface area contributed by atoms with E-state index in [2.05, 4.69) is 10.1 Å². The largest absolute Gasteiger partial charge is 0.484 e. The molecule has 1 aromatic carbocycles. The zero-order chi connectivity index (χ0) is 12.7. The molecular formula is C11H14N2O4. The van der Waals surface area contributed by atoms with E-state index in [1.165, 1.54) is 7.11 Å².